The third-order valence-corrected chi connectivity index (χ3v) is 8.20. The maximum Gasteiger partial charge on any atom is 0.325 e. The first-order valence-electron chi connectivity index (χ1n) is 12.1. The van der Waals surface area contributed by atoms with Crippen molar-refractivity contribution < 1.29 is 23.8 Å². The van der Waals surface area contributed by atoms with Gasteiger partial charge in [0.15, 0.2) is 5.41 Å². The molecule has 6 nitrogen and oxygen atoms in total. The zero-order valence-electron chi connectivity index (χ0n) is 21.1. The van der Waals surface area contributed by atoms with Crippen LogP contribution in [-0.2, 0) is 31.0 Å². The number of nitrogens with zero attached hydrogens (tertiary/aromatic N) is 1. The predicted octanol–water partition coefficient (Wildman–Crippen LogP) is 4.86. The van der Waals surface area contributed by atoms with Gasteiger partial charge in [-0.1, -0.05) is 67.6 Å². The lowest BCUT2D eigenvalue weighted by Crippen LogP contribution is -2.57. The number of carbonyl (C=O) groups excluding carboxylic acids is 2. The van der Waals surface area contributed by atoms with Crippen LogP contribution in [0.1, 0.15) is 36.0 Å². The third kappa shape index (κ3) is 3.31. The van der Waals surface area contributed by atoms with Gasteiger partial charge >= 0.3 is 11.9 Å². The Balaban J connectivity index is 1.76. The van der Waals surface area contributed by atoms with E-state index in [1.165, 1.54) is 14.2 Å². The largest absolute Gasteiger partial charge is 0.497 e. The number of anilines is 1. The van der Waals surface area contributed by atoms with Crippen molar-refractivity contribution in [2.75, 3.05) is 26.2 Å². The normalized spacial score (nSPS) is 23.5. The molecule has 186 valence electrons. The lowest BCUT2D eigenvalue weighted by molar-refractivity contribution is -0.170. The van der Waals surface area contributed by atoms with Crippen molar-refractivity contribution in [1.82, 2.24) is 0 Å². The molecule has 5 rings (SSSR count). The molecule has 3 aromatic rings. The molecule has 0 radical (unpaired) electrons. The Morgan fingerprint density at radius 2 is 1.47 bits per heavy atom. The van der Waals surface area contributed by atoms with Gasteiger partial charge in [-0.15, -0.1) is 0 Å². The molecule has 0 N–H and O–H groups in total. The Hall–Kier alpha value is -3.80. The second-order valence-electron chi connectivity index (χ2n) is 9.80. The van der Waals surface area contributed by atoms with Crippen LogP contribution in [0.25, 0.3) is 0 Å². The smallest absolute Gasteiger partial charge is 0.325 e. The standard InChI is InChI=1S/C30H31NO5/c1-29-23-12-8-9-13-25(23)31(19-20-10-6-5-7-11-20)26(29)30(27(32)35-3,28(33)36-4)18-24(29)21-14-16-22(34-2)17-15-21/h5-17,24,26H,18-19H2,1-4H3/t24-,26+,29+/m0/s1. The van der Waals surface area contributed by atoms with Crippen molar-refractivity contribution >= 4 is 17.6 Å². The Bertz CT molecular complexity index is 1260. The van der Waals surface area contributed by atoms with Crippen molar-refractivity contribution in [3.63, 3.8) is 0 Å². The maximum absolute atomic E-state index is 13.7. The van der Waals surface area contributed by atoms with Crippen LogP contribution < -0.4 is 9.64 Å². The molecule has 0 amide bonds. The van der Waals surface area contributed by atoms with Gasteiger partial charge in [0.2, 0.25) is 0 Å². The number of carbonyl (C=O) groups is 2. The molecule has 1 aliphatic heterocycles. The van der Waals surface area contributed by atoms with Crippen LogP contribution in [0.4, 0.5) is 5.69 Å². The van der Waals surface area contributed by atoms with Gasteiger partial charge in [0.1, 0.15) is 5.75 Å². The number of benzene rings is 3. The summed E-state index contributed by atoms with van der Waals surface area (Å²) in [6.07, 6.45) is 0.277. The van der Waals surface area contributed by atoms with Gasteiger partial charge in [-0.2, -0.15) is 0 Å². The minimum absolute atomic E-state index is 0.145. The van der Waals surface area contributed by atoms with Crippen LogP contribution in [0.5, 0.6) is 5.75 Å². The minimum Gasteiger partial charge on any atom is -0.497 e. The quantitative estimate of drug-likeness (QED) is 0.367. The summed E-state index contributed by atoms with van der Waals surface area (Å²) in [5.41, 5.74) is 2.19. The number of hydrogen-bond donors (Lipinski definition) is 0. The first kappa shape index (κ1) is 23.9. The van der Waals surface area contributed by atoms with Crippen molar-refractivity contribution in [3.05, 3.63) is 95.6 Å². The average molecular weight is 486 g/mol. The molecule has 1 aliphatic carbocycles. The van der Waals surface area contributed by atoms with Crippen LogP contribution in [0, 0.1) is 5.41 Å². The van der Waals surface area contributed by atoms with E-state index < -0.39 is 28.8 Å². The summed E-state index contributed by atoms with van der Waals surface area (Å²) in [5, 5.41) is 0. The molecular formula is C30H31NO5. The molecule has 1 saturated carbocycles. The van der Waals surface area contributed by atoms with E-state index in [0.29, 0.717) is 6.54 Å². The lowest BCUT2D eigenvalue weighted by Gasteiger charge is -2.40. The topological polar surface area (TPSA) is 65.1 Å². The molecule has 0 bridgehead atoms. The van der Waals surface area contributed by atoms with E-state index in [2.05, 4.69) is 36.1 Å². The van der Waals surface area contributed by atoms with Gasteiger partial charge in [-0.3, -0.25) is 9.59 Å². The van der Waals surface area contributed by atoms with E-state index >= 15 is 0 Å². The molecule has 1 heterocycles. The third-order valence-electron chi connectivity index (χ3n) is 8.20. The summed E-state index contributed by atoms with van der Waals surface area (Å²) in [6.45, 7) is 2.72. The average Bonchev–Trinajstić information content (AvgIpc) is 3.35. The number of fused-ring (bicyclic) bond motifs is 3. The number of methoxy groups -OCH3 is 3. The SMILES string of the molecule is COC(=O)C1(C(=O)OC)C[C@@H](c2ccc(OC)cc2)[C@@]2(C)c3ccccc3N(Cc3ccccc3)[C@@H]12. The Morgan fingerprint density at radius 3 is 2.08 bits per heavy atom. The molecule has 3 atom stereocenters. The molecule has 36 heavy (non-hydrogen) atoms. The first-order valence-corrected chi connectivity index (χ1v) is 12.1. The molecule has 0 aromatic heterocycles. The summed E-state index contributed by atoms with van der Waals surface area (Å²) >= 11 is 0. The fraction of sp³-hybridized carbons (Fsp3) is 0.333. The van der Waals surface area contributed by atoms with Crippen LogP contribution in [0.3, 0.4) is 0 Å². The van der Waals surface area contributed by atoms with Crippen molar-refractivity contribution in [1.29, 1.82) is 0 Å². The Labute approximate surface area is 211 Å². The van der Waals surface area contributed by atoms with E-state index in [9.17, 15) is 9.59 Å². The highest BCUT2D eigenvalue weighted by Crippen LogP contribution is 2.66. The molecular weight excluding hydrogens is 454 g/mol. The number of para-hydroxylation sites is 1. The van der Waals surface area contributed by atoms with Gasteiger partial charge in [-0.05, 0) is 47.2 Å². The summed E-state index contributed by atoms with van der Waals surface area (Å²) in [6, 6.07) is 25.7. The lowest BCUT2D eigenvalue weighted by atomic mass is 9.69. The predicted molar refractivity (Wildman–Crippen MR) is 137 cm³/mol. The van der Waals surface area contributed by atoms with Gasteiger partial charge in [-0.25, -0.2) is 0 Å². The van der Waals surface area contributed by atoms with Crippen LogP contribution in [0.15, 0.2) is 78.9 Å². The fourth-order valence-electron chi connectivity index (χ4n) is 6.69. The van der Waals surface area contributed by atoms with E-state index in [1.807, 2.05) is 54.6 Å². The minimum atomic E-state index is -1.50. The first-order chi connectivity index (χ1) is 17.4. The number of ether oxygens (including phenoxy) is 3. The highest BCUT2D eigenvalue weighted by Gasteiger charge is 2.73. The highest BCUT2D eigenvalue weighted by atomic mass is 16.5. The molecule has 0 spiro atoms. The molecule has 2 aliphatic rings. The Kier molecular flexibility index (Phi) is 5.99. The van der Waals surface area contributed by atoms with E-state index in [4.69, 9.17) is 14.2 Å². The molecule has 1 fully saturated rings. The van der Waals surface area contributed by atoms with E-state index in [1.54, 1.807) is 7.11 Å². The van der Waals surface area contributed by atoms with Gasteiger partial charge in [0.05, 0.1) is 27.4 Å². The fourth-order valence-corrected chi connectivity index (χ4v) is 6.69. The monoisotopic (exact) mass is 485 g/mol. The zero-order chi connectivity index (χ0) is 25.5. The zero-order valence-corrected chi connectivity index (χ0v) is 21.1. The van der Waals surface area contributed by atoms with Gasteiger partial charge in [0.25, 0.3) is 0 Å². The van der Waals surface area contributed by atoms with E-state index in [0.717, 1.165) is 28.1 Å². The Morgan fingerprint density at radius 1 is 0.861 bits per heavy atom. The summed E-state index contributed by atoms with van der Waals surface area (Å²) < 4.78 is 16.1. The summed E-state index contributed by atoms with van der Waals surface area (Å²) in [5.74, 6) is -0.517. The van der Waals surface area contributed by atoms with Crippen LogP contribution in [-0.4, -0.2) is 39.3 Å². The van der Waals surface area contributed by atoms with Gasteiger partial charge < -0.3 is 19.1 Å². The molecule has 0 saturated heterocycles. The maximum atomic E-state index is 13.7. The van der Waals surface area contributed by atoms with E-state index in [-0.39, 0.29) is 12.3 Å². The number of hydrogen-bond acceptors (Lipinski definition) is 6. The molecule has 6 heteroatoms. The van der Waals surface area contributed by atoms with Crippen molar-refractivity contribution in [2.24, 2.45) is 5.41 Å². The number of rotatable bonds is 6. The number of esters is 2. The van der Waals surface area contributed by atoms with Gasteiger partial charge in [0, 0.05) is 17.6 Å². The van der Waals surface area contributed by atoms with Crippen molar-refractivity contribution in [2.45, 2.75) is 37.3 Å². The molecule has 0 unspecified atom stereocenters. The van der Waals surface area contributed by atoms with Crippen LogP contribution in [0.2, 0.25) is 0 Å². The second kappa shape index (κ2) is 9.01. The summed E-state index contributed by atoms with van der Waals surface area (Å²) in [4.78, 5) is 29.6. The van der Waals surface area contributed by atoms with Crippen LogP contribution >= 0.6 is 0 Å². The summed E-state index contributed by atoms with van der Waals surface area (Å²) in [7, 11) is 4.32. The second-order valence-corrected chi connectivity index (χ2v) is 9.80. The van der Waals surface area contributed by atoms with Crippen molar-refractivity contribution in [3.8, 4) is 5.75 Å². The highest BCUT2D eigenvalue weighted by molar-refractivity contribution is 6.03. The molecule has 3 aromatic carbocycles.